The molecule has 0 saturated carbocycles. The van der Waals surface area contributed by atoms with E-state index in [1.165, 1.54) is 0 Å². The molecule has 0 aliphatic carbocycles. The van der Waals surface area contributed by atoms with Gasteiger partial charge in [-0.1, -0.05) is 48.5 Å². The second-order valence-corrected chi connectivity index (χ2v) is 6.58. The van der Waals surface area contributed by atoms with Crippen LogP contribution in [0.5, 0.6) is 11.5 Å². The Kier molecular flexibility index (Phi) is 4.09. The van der Waals surface area contributed by atoms with E-state index in [4.69, 9.17) is 14.6 Å². The number of ether oxygens (including phenoxy) is 2. The van der Waals surface area contributed by atoms with Gasteiger partial charge in [0, 0.05) is 17.0 Å². The highest BCUT2D eigenvalue weighted by Crippen LogP contribution is 2.38. The summed E-state index contributed by atoms with van der Waals surface area (Å²) in [6, 6.07) is 23.8. The molecule has 0 aliphatic rings. The van der Waals surface area contributed by atoms with Crippen LogP contribution >= 0.6 is 0 Å². The van der Waals surface area contributed by atoms with Crippen molar-refractivity contribution >= 4 is 21.9 Å². The van der Waals surface area contributed by atoms with E-state index in [1.54, 1.807) is 14.2 Å². The van der Waals surface area contributed by atoms with Gasteiger partial charge in [-0.15, -0.1) is 10.2 Å². The Bertz CT molecular complexity index is 1320. The molecule has 3 aromatic carbocycles. The molecule has 0 spiro atoms. The van der Waals surface area contributed by atoms with Crippen molar-refractivity contribution in [3.05, 3.63) is 72.8 Å². The van der Waals surface area contributed by atoms with E-state index in [-0.39, 0.29) is 0 Å². The first-order chi connectivity index (χ1) is 14.3. The number of fused-ring (bicyclic) bond motifs is 3. The van der Waals surface area contributed by atoms with Crippen LogP contribution in [0.2, 0.25) is 0 Å². The fraction of sp³-hybridized carbons (Fsp3) is 0.0870. The summed E-state index contributed by atoms with van der Waals surface area (Å²) in [7, 11) is 3.24. The zero-order valence-electron chi connectivity index (χ0n) is 16.0. The van der Waals surface area contributed by atoms with E-state index in [0.717, 1.165) is 33.2 Å². The maximum absolute atomic E-state index is 5.53. The maximum Gasteiger partial charge on any atom is 0.186 e. The summed E-state index contributed by atoms with van der Waals surface area (Å²) in [6.45, 7) is 0. The van der Waals surface area contributed by atoms with E-state index >= 15 is 0 Å². The number of rotatable bonds is 4. The maximum atomic E-state index is 5.53. The smallest absolute Gasteiger partial charge is 0.186 e. The van der Waals surface area contributed by atoms with Gasteiger partial charge in [0.25, 0.3) is 0 Å². The Balaban J connectivity index is 1.92. The molecule has 5 rings (SSSR count). The van der Waals surface area contributed by atoms with Gasteiger partial charge in [-0.2, -0.15) is 5.10 Å². The van der Waals surface area contributed by atoms with Gasteiger partial charge in [-0.25, -0.2) is 4.68 Å². The van der Waals surface area contributed by atoms with Crippen molar-refractivity contribution in [1.29, 1.82) is 0 Å². The Labute approximate surface area is 167 Å². The highest BCUT2D eigenvalue weighted by molar-refractivity contribution is 6.10. The average Bonchev–Trinajstić information content (AvgIpc) is 3.19. The van der Waals surface area contributed by atoms with Crippen molar-refractivity contribution in [2.24, 2.45) is 0 Å². The summed E-state index contributed by atoms with van der Waals surface area (Å²) in [5.74, 6) is 1.26. The van der Waals surface area contributed by atoms with Crippen molar-refractivity contribution in [3.63, 3.8) is 0 Å². The molecule has 0 amide bonds. The predicted molar refractivity (Wildman–Crippen MR) is 113 cm³/mol. The van der Waals surface area contributed by atoms with Crippen LogP contribution in [0.25, 0.3) is 38.9 Å². The van der Waals surface area contributed by atoms with E-state index in [1.807, 2.05) is 77.5 Å². The summed E-state index contributed by atoms with van der Waals surface area (Å²) in [5.41, 5.74) is 4.19. The van der Waals surface area contributed by atoms with Gasteiger partial charge in [0.2, 0.25) is 0 Å². The topological polar surface area (TPSA) is 62.1 Å². The summed E-state index contributed by atoms with van der Waals surface area (Å²) >= 11 is 0. The Morgan fingerprint density at radius 3 is 2.10 bits per heavy atom. The van der Waals surface area contributed by atoms with Crippen LogP contribution in [0.1, 0.15) is 0 Å². The normalized spacial score (nSPS) is 11.1. The first-order valence-electron chi connectivity index (χ1n) is 9.22. The van der Waals surface area contributed by atoms with Crippen LogP contribution in [-0.2, 0) is 0 Å². The molecule has 5 aromatic rings. The van der Waals surface area contributed by atoms with Crippen molar-refractivity contribution in [3.8, 4) is 28.4 Å². The van der Waals surface area contributed by atoms with Crippen molar-refractivity contribution in [2.45, 2.75) is 0 Å². The van der Waals surface area contributed by atoms with Crippen molar-refractivity contribution in [2.75, 3.05) is 14.2 Å². The monoisotopic (exact) mass is 382 g/mol. The third-order valence-electron chi connectivity index (χ3n) is 4.93. The summed E-state index contributed by atoms with van der Waals surface area (Å²) < 4.78 is 12.8. The van der Waals surface area contributed by atoms with Gasteiger partial charge in [0.05, 0.1) is 30.8 Å². The quantitative estimate of drug-likeness (QED) is 0.453. The molecule has 0 aliphatic heterocycles. The molecule has 0 radical (unpaired) electrons. The van der Waals surface area contributed by atoms with E-state index in [2.05, 4.69) is 10.2 Å². The van der Waals surface area contributed by atoms with Gasteiger partial charge >= 0.3 is 0 Å². The lowest BCUT2D eigenvalue weighted by atomic mass is 10.1. The molecule has 0 unspecified atom stereocenters. The molecule has 0 saturated heterocycles. The third-order valence-corrected chi connectivity index (χ3v) is 4.93. The van der Waals surface area contributed by atoms with Crippen molar-refractivity contribution in [1.82, 2.24) is 20.0 Å². The van der Waals surface area contributed by atoms with Crippen LogP contribution in [-0.4, -0.2) is 34.2 Å². The minimum atomic E-state index is 0.616. The number of hydrogen-bond acceptors (Lipinski definition) is 5. The van der Waals surface area contributed by atoms with Gasteiger partial charge in [-0.05, 0) is 18.2 Å². The fourth-order valence-electron chi connectivity index (χ4n) is 3.55. The number of hydrogen-bond donors (Lipinski definition) is 0. The molecule has 142 valence electrons. The molecular formula is C23H18N4O2. The summed E-state index contributed by atoms with van der Waals surface area (Å²) in [6.07, 6.45) is 0. The lowest BCUT2D eigenvalue weighted by Gasteiger charge is -2.09. The number of nitrogens with zero attached hydrogens (tertiary/aromatic N) is 4. The number of methoxy groups -OCH3 is 2. The van der Waals surface area contributed by atoms with E-state index in [0.29, 0.717) is 17.1 Å². The highest BCUT2D eigenvalue weighted by atomic mass is 16.5. The standard InChI is InChI=1S/C23H18N4O2/c1-28-19-13-17-18(14-20(19)29-2)24-25-23-21(17)22(15-9-5-3-6-10-15)26-27(23)16-11-7-4-8-12-16/h3-14H,1-2H3. The van der Waals surface area contributed by atoms with Crippen LogP contribution in [0.15, 0.2) is 72.8 Å². The van der Waals surface area contributed by atoms with Crippen molar-refractivity contribution < 1.29 is 9.47 Å². The number of benzene rings is 3. The largest absolute Gasteiger partial charge is 0.493 e. The van der Waals surface area contributed by atoms with Crippen LogP contribution in [0.3, 0.4) is 0 Å². The number of para-hydroxylation sites is 1. The Morgan fingerprint density at radius 2 is 1.41 bits per heavy atom. The average molecular weight is 382 g/mol. The Morgan fingerprint density at radius 1 is 0.759 bits per heavy atom. The highest BCUT2D eigenvalue weighted by Gasteiger charge is 2.20. The zero-order valence-corrected chi connectivity index (χ0v) is 16.0. The molecule has 0 fully saturated rings. The first kappa shape index (κ1) is 17.2. The number of aromatic nitrogens is 4. The molecular weight excluding hydrogens is 364 g/mol. The lowest BCUT2D eigenvalue weighted by Crippen LogP contribution is -1.99. The molecule has 29 heavy (non-hydrogen) atoms. The second kappa shape index (κ2) is 6.91. The second-order valence-electron chi connectivity index (χ2n) is 6.58. The molecule has 0 atom stereocenters. The zero-order chi connectivity index (χ0) is 19.8. The molecule has 6 heteroatoms. The van der Waals surface area contributed by atoms with Crippen LogP contribution in [0, 0.1) is 0 Å². The summed E-state index contributed by atoms with van der Waals surface area (Å²) in [5, 5.41) is 15.7. The third kappa shape index (κ3) is 2.77. The first-order valence-corrected chi connectivity index (χ1v) is 9.22. The van der Waals surface area contributed by atoms with Gasteiger partial charge < -0.3 is 9.47 Å². The van der Waals surface area contributed by atoms with Gasteiger partial charge in [0.15, 0.2) is 17.1 Å². The van der Waals surface area contributed by atoms with Gasteiger partial charge in [-0.3, -0.25) is 0 Å². The minimum absolute atomic E-state index is 0.616. The lowest BCUT2D eigenvalue weighted by molar-refractivity contribution is 0.356. The fourth-order valence-corrected chi connectivity index (χ4v) is 3.55. The summed E-state index contributed by atoms with van der Waals surface area (Å²) in [4.78, 5) is 0. The van der Waals surface area contributed by atoms with E-state index in [9.17, 15) is 0 Å². The van der Waals surface area contributed by atoms with E-state index < -0.39 is 0 Å². The molecule has 0 bridgehead atoms. The molecule has 2 heterocycles. The van der Waals surface area contributed by atoms with Crippen LogP contribution < -0.4 is 9.47 Å². The molecule has 0 N–H and O–H groups in total. The Hall–Kier alpha value is -3.93. The predicted octanol–water partition coefficient (Wildman–Crippen LogP) is 4.65. The minimum Gasteiger partial charge on any atom is -0.493 e. The molecule has 2 aromatic heterocycles. The van der Waals surface area contributed by atoms with Crippen LogP contribution in [0.4, 0.5) is 0 Å². The molecule has 6 nitrogen and oxygen atoms in total. The SMILES string of the molecule is COc1cc2nnc3c(c(-c4ccccc4)nn3-c3ccccc3)c2cc1OC. The van der Waals surface area contributed by atoms with Gasteiger partial charge in [0.1, 0.15) is 5.69 Å².